The molecule has 5 rings (SSSR count). The van der Waals surface area contributed by atoms with Crippen molar-refractivity contribution < 1.29 is 18.7 Å². The van der Waals surface area contributed by atoms with Gasteiger partial charge in [0.1, 0.15) is 18.1 Å². The van der Waals surface area contributed by atoms with Gasteiger partial charge in [-0.1, -0.05) is 0 Å². The molecular formula is C26H29FN4O3. The van der Waals surface area contributed by atoms with Gasteiger partial charge < -0.3 is 25.0 Å². The number of carbonyl (C=O) groups excluding carboxylic acids is 1. The van der Waals surface area contributed by atoms with E-state index in [9.17, 15) is 4.79 Å². The van der Waals surface area contributed by atoms with Crippen LogP contribution in [-0.2, 0) is 4.79 Å². The Kier molecular flexibility index (Phi) is 6.00. The molecule has 3 heterocycles. The quantitative estimate of drug-likeness (QED) is 0.523. The van der Waals surface area contributed by atoms with Crippen LogP contribution in [0.5, 0.6) is 11.5 Å². The maximum Gasteiger partial charge on any atom is 0.259 e. The average molecular weight is 465 g/mol. The number of carbonyl (C=O) groups is 1. The van der Waals surface area contributed by atoms with Gasteiger partial charge >= 0.3 is 0 Å². The standard InChI is InChI=1S/C26H29FN4O3/c1-28-11-12-34-19-5-3-17(4-6-19)22-14-24(21-8-7-20(33-2)13-23(21)30-22)31-15-18-9-10-29-25(32)26(18,27)16-31/h3-8,13-14,18,28H,9-12,15-16H2,1-2H3,(H,29,32). The van der Waals surface area contributed by atoms with E-state index in [0.717, 1.165) is 40.1 Å². The number of hydrogen-bond acceptors (Lipinski definition) is 6. The van der Waals surface area contributed by atoms with Gasteiger partial charge in [-0.25, -0.2) is 9.37 Å². The minimum Gasteiger partial charge on any atom is -0.497 e. The Morgan fingerprint density at radius 1 is 1.21 bits per heavy atom. The molecule has 2 saturated heterocycles. The third-order valence-corrected chi connectivity index (χ3v) is 6.77. The molecule has 2 aromatic carbocycles. The number of alkyl halides is 1. The van der Waals surface area contributed by atoms with Crippen LogP contribution in [0, 0.1) is 5.92 Å². The summed E-state index contributed by atoms with van der Waals surface area (Å²) < 4.78 is 26.8. The van der Waals surface area contributed by atoms with E-state index < -0.39 is 11.6 Å². The zero-order chi connectivity index (χ0) is 23.7. The number of benzene rings is 2. The van der Waals surface area contributed by atoms with Crippen molar-refractivity contribution in [1.82, 2.24) is 15.6 Å². The molecule has 0 saturated carbocycles. The minimum absolute atomic E-state index is 0.0341. The lowest BCUT2D eigenvalue weighted by molar-refractivity contribution is -0.136. The van der Waals surface area contributed by atoms with Gasteiger partial charge in [0.05, 0.1) is 24.9 Å². The second-order valence-corrected chi connectivity index (χ2v) is 8.87. The van der Waals surface area contributed by atoms with Gasteiger partial charge in [0, 0.05) is 48.3 Å². The Hall–Kier alpha value is -3.39. The zero-order valence-electron chi connectivity index (χ0n) is 19.4. The molecule has 0 radical (unpaired) electrons. The minimum atomic E-state index is -1.87. The first-order chi connectivity index (χ1) is 16.5. The Morgan fingerprint density at radius 2 is 2.00 bits per heavy atom. The van der Waals surface area contributed by atoms with E-state index in [2.05, 4.69) is 10.6 Å². The molecule has 2 fully saturated rings. The number of anilines is 1. The maximum absolute atomic E-state index is 15.7. The number of likely N-dealkylation sites (N-methyl/N-ethyl adjacent to an activating group) is 1. The van der Waals surface area contributed by atoms with E-state index in [1.807, 2.05) is 60.5 Å². The van der Waals surface area contributed by atoms with E-state index in [1.165, 1.54) is 0 Å². The second-order valence-electron chi connectivity index (χ2n) is 8.87. The van der Waals surface area contributed by atoms with E-state index in [-0.39, 0.29) is 12.5 Å². The summed E-state index contributed by atoms with van der Waals surface area (Å²) in [5.74, 6) is 0.670. The highest BCUT2D eigenvalue weighted by molar-refractivity contribution is 5.96. The molecule has 2 aliphatic heterocycles. The molecule has 1 amide bonds. The first-order valence-electron chi connectivity index (χ1n) is 11.6. The number of piperidine rings is 1. The number of ether oxygens (including phenoxy) is 2. The molecule has 7 nitrogen and oxygen atoms in total. The predicted octanol–water partition coefficient (Wildman–Crippen LogP) is 3.17. The van der Waals surface area contributed by atoms with Crippen molar-refractivity contribution in [2.45, 2.75) is 12.1 Å². The van der Waals surface area contributed by atoms with Crippen LogP contribution in [0.15, 0.2) is 48.5 Å². The normalized spacial score (nSPS) is 21.9. The van der Waals surface area contributed by atoms with Crippen LogP contribution in [-0.4, -0.2) is 63.5 Å². The van der Waals surface area contributed by atoms with E-state index >= 15 is 4.39 Å². The lowest BCUT2D eigenvalue weighted by Crippen LogP contribution is -2.54. The van der Waals surface area contributed by atoms with Crippen LogP contribution in [0.1, 0.15) is 6.42 Å². The molecular weight excluding hydrogens is 435 g/mol. The molecule has 8 heteroatoms. The summed E-state index contributed by atoms with van der Waals surface area (Å²) >= 11 is 0. The number of methoxy groups -OCH3 is 1. The fourth-order valence-corrected chi connectivity index (χ4v) is 4.87. The fourth-order valence-electron chi connectivity index (χ4n) is 4.87. The number of hydrogen-bond donors (Lipinski definition) is 2. The molecule has 1 aromatic heterocycles. The molecule has 2 N–H and O–H groups in total. The highest BCUT2D eigenvalue weighted by Gasteiger charge is 2.54. The van der Waals surface area contributed by atoms with Crippen molar-refractivity contribution in [3.05, 3.63) is 48.5 Å². The Morgan fingerprint density at radius 3 is 2.74 bits per heavy atom. The topological polar surface area (TPSA) is 75.7 Å². The average Bonchev–Trinajstić information content (AvgIpc) is 3.22. The lowest BCUT2D eigenvalue weighted by Gasteiger charge is -2.29. The van der Waals surface area contributed by atoms with Gasteiger partial charge in [0.15, 0.2) is 0 Å². The third-order valence-electron chi connectivity index (χ3n) is 6.77. The van der Waals surface area contributed by atoms with Gasteiger partial charge in [-0.05, 0) is 55.9 Å². The molecule has 2 unspecified atom stereocenters. The number of pyridine rings is 1. The molecule has 34 heavy (non-hydrogen) atoms. The highest BCUT2D eigenvalue weighted by atomic mass is 19.1. The van der Waals surface area contributed by atoms with Crippen molar-refractivity contribution in [1.29, 1.82) is 0 Å². The molecule has 0 aliphatic carbocycles. The summed E-state index contributed by atoms with van der Waals surface area (Å²) in [5, 5.41) is 6.65. The van der Waals surface area contributed by atoms with E-state index in [1.54, 1.807) is 7.11 Å². The first kappa shape index (κ1) is 22.4. The van der Waals surface area contributed by atoms with Crippen molar-refractivity contribution in [3.8, 4) is 22.8 Å². The van der Waals surface area contributed by atoms with Gasteiger partial charge in [-0.2, -0.15) is 0 Å². The molecule has 0 spiro atoms. The van der Waals surface area contributed by atoms with Crippen LogP contribution >= 0.6 is 0 Å². The van der Waals surface area contributed by atoms with Crippen LogP contribution in [0.2, 0.25) is 0 Å². The Labute approximate surface area is 198 Å². The van der Waals surface area contributed by atoms with Gasteiger partial charge in [-0.15, -0.1) is 0 Å². The van der Waals surface area contributed by atoms with Gasteiger partial charge in [0.25, 0.3) is 5.91 Å². The smallest absolute Gasteiger partial charge is 0.259 e. The second kappa shape index (κ2) is 9.10. The van der Waals surface area contributed by atoms with Gasteiger partial charge in [0.2, 0.25) is 5.67 Å². The van der Waals surface area contributed by atoms with Crippen LogP contribution in [0.4, 0.5) is 10.1 Å². The van der Waals surface area contributed by atoms with Crippen molar-refractivity contribution in [2.24, 2.45) is 5.92 Å². The molecule has 2 aliphatic rings. The summed E-state index contributed by atoms with van der Waals surface area (Å²) in [7, 11) is 3.51. The lowest BCUT2D eigenvalue weighted by atomic mass is 9.86. The number of rotatable bonds is 7. The molecule has 178 valence electrons. The maximum atomic E-state index is 15.7. The number of amides is 1. The van der Waals surface area contributed by atoms with Crippen molar-refractivity contribution in [3.63, 3.8) is 0 Å². The number of nitrogens with one attached hydrogen (secondary N) is 2. The number of aromatic nitrogens is 1. The fraction of sp³-hybridized carbons (Fsp3) is 0.385. The van der Waals surface area contributed by atoms with Crippen LogP contribution < -0.4 is 25.0 Å². The summed E-state index contributed by atoms with van der Waals surface area (Å²) in [6.07, 6.45) is 0.636. The SMILES string of the molecule is CNCCOc1ccc(-c2cc(N3CC4CCNC(=O)C4(F)C3)c3ccc(OC)cc3n2)cc1. The van der Waals surface area contributed by atoms with E-state index in [4.69, 9.17) is 14.5 Å². The number of fused-ring (bicyclic) bond motifs is 2. The monoisotopic (exact) mass is 464 g/mol. The van der Waals surface area contributed by atoms with Crippen LogP contribution in [0.3, 0.4) is 0 Å². The summed E-state index contributed by atoms with van der Waals surface area (Å²) in [6.45, 7) is 2.40. The Bertz CT molecular complexity index is 1200. The van der Waals surface area contributed by atoms with Crippen molar-refractivity contribution >= 4 is 22.5 Å². The van der Waals surface area contributed by atoms with Crippen LogP contribution in [0.25, 0.3) is 22.2 Å². The Balaban J connectivity index is 1.53. The molecule has 0 bridgehead atoms. The first-order valence-corrected chi connectivity index (χ1v) is 11.6. The number of halogens is 1. The molecule has 3 aromatic rings. The summed E-state index contributed by atoms with van der Waals surface area (Å²) in [6, 6.07) is 15.5. The summed E-state index contributed by atoms with van der Waals surface area (Å²) in [5.41, 5.74) is 1.46. The third kappa shape index (κ3) is 4.03. The van der Waals surface area contributed by atoms with Crippen molar-refractivity contribution in [2.75, 3.05) is 51.8 Å². The summed E-state index contributed by atoms with van der Waals surface area (Å²) in [4.78, 5) is 19.3. The van der Waals surface area contributed by atoms with E-state index in [0.29, 0.717) is 31.9 Å². The van der Waals surface area contributed by atoms with Gasteiger partial charge in [-0.3, -0.25) is 4.79 Å². The largest absolute Gasteiger partial charge is 0.497 e. The predicted molar refractivity (Wildman–Crippen MR) is 130 cm³/mol. The zero-order valence-corrected chi connectivity index (χ0v) is 19.4. The number of nitrogens with zero attached hydrogens (tertiary/aromatic N) is 2. The highest BCUT2D eigenvalue weighted by Crippen LogP contribution is 2.42. The molecule has 2 atom stereocenters.